The standard InChI is InChI=1S/C5H5.CH4.2CH3.2ClH.Zr/c1-2-4-5-3-1;;;;;;/h1-3H,4H2;1H4;2*1H3;2*1H;/q;;;;;;+2/p-2. The normalized spacial score (nSPS) is 12.0. The molecule has 0 bridgehead atoms. The molecule has 0 saturated heterocycles. The van der Waals surface area contributed by atoms with Gasteiger partial charge in [-0.3, -0.25) is 0 Å². The van der Waals surface area contributed by atoms with E-state index >= 15 is 0 Å². The number of halogens is 2. The van der Waals surface area contributed by atoms with Crippen molar-refractivity contribution in [2.75, 3.05) is 0 Å². The first-order valence-electron chi connectivity index (χ1n) is 2.97. The first-order valence-corrected chi connectivity index (χ1v) is 9.11. The zero-order valence-electron chi connectivity index (χ0n) is 6.20. The fraction of sp³-hybridized carbons (Fsp3) is 0.500. The van der Waals surface area contributed by atoms with Crippen LogP contribution in [0.2, 0.25) is 9.26 Å². The maximum atomic E-state index is 2.43. The predicted octanol–water partition coefficient (Wildman–Crippen LogP) is -2.81. The molecule has 65 valence electrons. The minimum atomic E-state index is -0.909. The van der Waals surface area contributed by atoms with Crippen LogP contribution in [-0.2, 0) is 21.8 Å². The van der Waals surface area contributed by atoms with Gasteiger partial charge >= 0.3 is 58.9 Å². The largest absolute Gasteiger partial charge is 1.00 e. The van der Waals surface area contributed by atoms with Gasteiger partial charge in [0, 0.05) is 0 Å². The van der Waals surface area contributed by atoms with Crippen molar-refractivity contribution in [3.8, 4) is 0 Å². The van der Waals surface area contributed by atoms with Crippen molar-refractivity contribution in [3.05, 3.63) is 21.5 Å². The summed E-state index contributed by atoms with van der Waals surface area (Å²) in [5.74, 6) is 0. The van der Waals surface area contributed by atoms with Crippen LogP contribution in [0.5, 0.6) is 0 Å². The average molecular weight is 273 g/mol. The Morgan fingerprint density at radius 2 is 1.82 bits per heavy atom. The Balaban J connectivity index is -0.000000213. The number of rotatable bonds is 1. The minimum absolute atomic E-state index is 0. The van der Waals surface area contributed by atoms with Gasteiger partial charge in [-0.15, -0.1) is 0 Å². The van der Waals surface area contributed by atoms with Crippen LogP contribution in [0, 0.1) is 0 Å². The molecule has 0 spiro atoms. The second-order valence-corrected chi connectivity index (χ2v) is 8.82. The topological polar surface area (TPSA) is 0 Å². The number of hydrogen-bond acceptors (Lipinski definition) is 0. The molecule has 1 aliphatic rings. The van der Waals surface area contributed by atoms with Gasteiger partial charge in [-0.1, -0.05) is 7.43 Å². The van der Waals surface area contributed by atoms with Crippen molar-refractivity contribution in [2.45, 2.75) is 23.1 Å². The molecule has 1 aliphatic carbocycles. The molecule has 0 heterocycles. The van der Waals surface area contributed by atoms with Crippen LogP contribution in [0.1, 0.15) is 13.8 Å². The van der Waals surface area contributed by atoms with E-state index in [-0.39, 0.29) is 32.2 Å². The van der Waals surface area contributed by atoms with Crippen molar-refractivity contribution in [1.29, 1.82) is 0 Å². The monoisotopic (exact) mass is 271 g/mol. The van der Waals surface area contributed by atoms with Crippen LogP contribution in [0.25, 0.3) is 0 Å². The van der Waals surface area contributed by atoms with E-state index in [1.807, 2.05) is 0 Å². The first-order chi connectivity index (χ1) is 3.80. The van der Waals surface area contributed by atoms with E-state index in [4.69, 9.17) is 0 Å². The van der Waals surface area contributed by atoms with Crippen LogP contribution in [-0.4, -0.2) is 0 Å². The van der Waals surface area contributed by atoms with E-state index in [9.17, 15) is 0 Å². The third kappa shape index (κ3) is 6.14. The van der Waals surface area contributed by atoms with E-state index in [0.717, 1.165) is 0 Å². The van der Waals surface area contributed by atoms with Gasteiger partial charge in [-0.05, 0) is 0 Å². The molecule has 0 saturated carbocycles. The molecule has 0 aromatic heterocycles. The van der Waals surface area contributed by atoms with Crippen molar-refractivity contribution in [2.24, 2.45) is 0 Å². The molecule has 1 rings (SSSR count). The second-order valence-electron chi connectivity index (χ2n) is 2.32. The molecule has 0 aromatic carbocycles. The summed E-state index contributed by atoms with van der Waals surface area (Å²) in [7, 11) is 0. The molecule has 0 amide bonds. The third-order valence-corrected chi connectivity index (χ3v) is 5.48. The Morgan fingerprint density at radius 1 is 1.27 bits per heavy atom. The van der Waals surface area contributed by atoms with Crippen LogP contribution in [0.15, 0.2) is 21.5 Å². The Labute approximate surface area is 90.6 Å². The molecule has 0 N–H and O–H groups in total. The number of allylic oxidation sites excluding steroid dienone is 4. The second kappa shape index (κ2) is 9.03. The Kier molecular flexibility index (Phi) is 14.7. The molecule has 0 aliphatic heterocycles. The van der Waals surface area contributed by atoms with Crippen LogP contribution in [0.3, 0.4) is 0 Å². The molecular weight excluding hydrogens is 258 g/mol. The first kappa shape index (κ1) is 17.9. The summed E-state index contributed by atoms with van der Waals surface area (Å²) in [6.07, 6.45) is 8.00. The van der Waals surface area contributed by atoms with E-state index < -0.39 is 21.8 Å². The van der Waals surface area contributed by atoms with Crippen LogP contribution in [0.4, 0.5) is 0 Å². The fourth-order valence-electron chi connectivity index (χ4n) is 0.818. The zero-order valence-corrected chi connectivity index (χ0v) is 10.2. The quantitative estimate of drug-likeness (QED) is 0.484. The van der Waals surface area contributed by atoms with Crippen LogP contribution < -0.4 is 24.8 Å². The SMILES string of the molecule is C.[CH3][Zr+2]([CH3])[C]1=CC=CC1.[Cl-].[Cl-]. The molecule has 0 unspecified atom stereocenters. The zero-order chi connectivity index (χ0) is 5.98. The summed E-state index contributed by atoms with van der Waals surface area (Å²) in [5.41, 5.74) is 0. The van der Waals surface area contributed by atoms with Gasteiger partial charge < -0.3 is 24.8 Å². The summed E-state index contributed by atoms with van der Waals surface area (Å²) in [4.78, 5) is 0. The van der Waals surface area contributed by atoms with E-state index in [1.54, 1.807) is 3.28 Å². The summed E-state index contributed by atoms with van der Waals surface area (Å²) >= 11 is -0.909. The van der Waals surface area contributed by atoms with Gasteiger partial charge in [0.15, 0.2) is 0 Å². The summed E-state index contributed by atoms with van der Waals surface area (Å²) < 4.78 is 6.62. The van der Waals surface area contributed by atoms with Gasteiger partial charge in [0.05, 0.1) is 0 Å². The summed E-state index contributed by atoms with van der Waals surface area (Å²) in [6.45, 7) is 0. The van der Waals surface area contributed by atoms with Crippen LogP contribution >= 0.6 is 0 Å². The van der Waals surface area contributed by atoms with Gasteiger partial charge in [-0.2, -0.15) is 0 Å². The smallest absolute Gasteiger partial charge is 1.00 e. The molecular formula is C8H15Cl2Zr. The number of hydrogen-bond donors (Lipinski definition) is 0. The Hall–Kier alpha value is 0.943. The molecule has 11 heavy (non-hydrogen) atoms. The molecule has 3 heteroatoms. The van der Waals surface area contributed by atoms with Crippen molar-refractivity contribution < 1.29 is 46.6 Å². The summed E-state index contributed by atoms with van der Waals surface area (Å²) in [5, 5.41) is 0. The van der Waals surface area contributed by atoms with Crippen molar-refractivity contribution >= 4 is 0 Å². The van der Waals surface area contributed by atoms with Gasteiger partial charge in [0.2, 0.25) is 0 Å². The van der Waals surface area contributed by atoms with Crippen molar-refractivity contribution in [1.82, 2.24) is 0 Å². The maximum Gasteiger partial charge on any atom is -1.00 e. The third-order valence-electron chi connectivity index (χ3n) is 1.41. The Bertz CT molecular complexity index is 139. The molecule has 0 nitrogen and oxygen atoms in total. The van der Waals surface area contributed by atoms with Gasteiger partial charge in [0.1, 0.15) is 0 Å². The fourth-order valence-corrected chi connectivity index (χ4v) is 3.17. The van der Waals surface area contributed by atoms with E-state index in [2.05, 4.69) is 27.5 Å². The molecule has 0 radical (unpaired) electrons. The van der Waals surface area contributed by atoms with Crippen molar-refractivity contribution in [3.63, 3.8) is 0 Å². The maximum absolute atomic E-state index is 2.43. The van der Waals surface area contributed by atoms with E-state index in [1.165, 1.54) is 6.42 Å². The Morgan fingerprint density at radius 3 is 2.00 bits per heavy atom. The molecule has 0 atom stereocenters. The molecule has 0 aromatic rings. The van der Waals surface area contributed by atoms with E-state index in [0.29, 0.717) is 0 Å². The minimum Gasteiger partial charge on any atom is -1.00 e. The molecule has 0 fully saturated rings. The summed E-state index contributed by atoms with van der Waals surface area (Å²) in [6, 6.07) is 0. The average Bonchev–Trinajstić information content (AvgIpc) is 2.12. The predicted molar refractivity (Wildman–Crippen MR) is 40.3 cm³/mol. The van der Waals surface area contributed by atoms with Gasteiger partial charge in [-0.25, -0.2) is 0 Å². The van der Waals surface area contributed by atoms with Gasteiger partial charge in [0.25, 0.3) is 0 Å².